The van der Waals surface area contributed by atoms with Crippen molar-refractivity contribution in [3.8, 4) is 17.7 Å². The van der Waals surface area contributed by atoms with Crippen LogP contribution in [0, 0.1) is 31.5 Å². The molecule has 1 heterocycles. The largest absolute Gasteiger partial charge is 0.473 e. The summed E-state index contributed by atoms with van der Waals surface area (Å²) in [4.78, 5) is 18.9. The zero-order valence-electron chi connectivity index (χ0n) is 21.8. The average molecular weight is 503 g/mol. The second kappa shape index (κ2) is 12.4. The van der Waals surface area contributed by atoms with E-state index in [4.69, 9.17) is 4.74 Å². The van der Waals surface area contributed by atoms with E-state index in [2.05, 4.69) is 21.9 Å². The molecular formula is C27H33F3N4O2. The minimum atomic E-state index is -3.21. The standard InChI is InChI=1S/C27H33F3N4O2/c1-8-10-11-14-32-33(7)24-20(5)18(3)12-13-22(24)26(35)34(9-2)19(4)17-36-25-23(28)15-21(16-31-25)27(6,29)30/h12-16,19H,8-9,17H2,1-7H3/b32-14-/t19-/m0/s1. The first kappa shape index (κ1) is 28.7. The van der Waals surface area contributed by atoms with Gasteiger partial charge in [0.1, 0.15) is 6.61 Å². The molecule has 0 saturated carbocycles. The number of aryl methyl sites for hydroxylation is 1. The first-order chi connectivity index (χ1) is 16.9. The van der Waals surface area contributed by atoms with Gasteiger partial charge in [-0.05, 0) is 51.0 Å². The number of rotatable bonds is 9. The zero-order valence-corrected chi connectivity index (χ0v) is 21.8. The molecule has 0 unspecified atom stereocenters. The van der Waals surface area contributed by atoms with Gasteiger partial charge in [-0.3, -0.25) is 9.80 Å². The highest BCUT2D eigenvalue weighted by molar-refractivity contribution is 6.01. The molecule has 0 bridgehead atoms. The molecule has 2 rings (SSSR count). The molecule has 1 aromatic heterocycles. The molecule has 1 amide bonds. The SMILES string of the molecule is CCC#C/C=N\N(C)c1c(C(=O)N(CC)[C@@H](C)COc2ncc(C(C)(F)F)cc2F)ccc(C)c1C. The van der Waals surface area contributed by atoms with E-state index in [1.54, 1.807) is 29.9 Å². The molecular weight excluding hydrogens is 469 g/mol. The fourth-order valence-corrected chi connectivity index (χ4v) is 3.58. The van der Waals surface area contributed by atoms with Crippen LogP contribution in [0.2, 0.25) is 0 Å². The van der Waals surface area contributed by atoms with Crippen LogP contribution in [0.1, 0.15) is 61.2 Å². The highest BCUT2D eigenvalue weighted by atomic mass is 19.3. The Morgan fingerprint density at radius 1 is 1.31 bits per heavy atom. The third-order valence-electron chi connectivity index (χ3n) is 5.74. The molecule has 0 aliphatic heterocycles. The van der Waals surface area contributed by atoms with Gasteiger partial charge in [-0.25, -0.2) is 18.2 Å². The second-order valence-corrected chi connectivity index (χ2v) is 8.50. The topological polar surface area (TPSA) is 58.0 Å². The fraction of sp³-hybridized carbons (Fsp3) is 0.444. The zero-order chi connectivity index (χ0) is 27.0. The van der Waals surface area contributed by atoms with Crippen LogP contribution < -0.4 is 9.75 Å². The van der Waals surface area contributed by atoms with Crippen LogP contribution in [-0.2, 0) is 5.92 Å². The van der Waals surface area contributed by atoms with E-state index in [9.17, 15) is 18.0 Å². The molecule has 194 valence electrons. The Kier molecular flexibility index (Phi) is 9.91. The molecule has 0 N–H and O–H groups in total. The summed E-state index contributed by atoms with van der Waals surface area (Å²) in [6.45, 7) is 10.4. The van der Waals surface area contributed by atoms with E-state index in [0.717, 1.165) is 17.3 Å². The molecule has 0 spiro atoms. The van der Waals surface area contributed by atoms with Crippen molar-refractivity contribution in [2.45, 2.75) is 59.9 Å². The van der Waals surface area contributed by atoms with Crippen molar-refractivity contribution in [2.75, 3.05) is 25.2 Å². The third kappa shape index (κ3) is 7.00. The van der Waals surface area contributed by atoms with Crippen molar-refractivity contribution >= 4 is 17.8 Å². The van der Waals surface area contributed by atoms with Crippen LogP contribution >= 0.6 is 0 Å². The van der Waals surface area contributed by atoms with E-state index in [1.165, 1.54) is 6.21 Å². The molecule has 1 atom stereocenters. The maximum absolute atomic E-state index is 14.3. The highest BCUT2D eigenvalue weighted by Gasteiger charge is 2.28. The minimum Gasteiger partial charge on any atom is -0.473 e. The van der Waals surface area contributed by atoms with Gasteiger partial charge in [0.15, 0.2) is 5.82 Å². The van der Waals surface area contributed by atoms with Gasteiger partial charge in [0, 0.05) is 38.7 Å². The average Bonchev–Trinajstić information content (AvgIpc) is 2.82. The summed E-state index contributed by atoms with van der Waals surface area (Å²) in [5.74, 6) is 0.919. The lowest BCUT2D eigenvalue weighted by Gasteiger charge is -2.30. The predicted octanol–water partition coefficient (Wildman–Crippen LogP) is 5.71. The van der Waals surface area contributed by atoms with Gasteiger partial charge in [0.25, 0.3) is 11.8 Å². The van der Waals surface area contributed by atoms with Gasteiger partial charge in [-0.1, -0.05) is 24.8 Å². The predicted molar refractivity (Wildman–Crippen MR) is 136 cm³/mol. The molecule has 6 nitrogen and oxygen atoms in total. The monoisotopic (exact) mass is 502 g/mol. The lowest BCUT2D eigenvalue weighted by atomic mass is 10.0. The number of likely N-dealkylation sites (N-methyl/N-ethyl adjacent to an activating group) is 1. The van der Waals surface area contributed by atoms with Crippen LogP contribution in [0.5, 0.6) is 5.88 Å². The number of amides is 1. The first-order valence-corrected chi connectivity index (χ1v) is 11.7. The van der Waals surface area contributed by atoms with Gasteiger partial charge in [-0.2, -0.15) is 5.10 Å². The number of carbonyl (C=O) groups excluding carboxylic acids is 1. The number of anilines is 1. The van der Waals surface area contributed by atoms with E-state index in [0.29, 0.717) is 37.2 Å². The number of ether oxygens (including phenoxy) is 1. The van der Waals surface area contributed by atoms with Crippen molar-refractivity contribution in [3.05, 3.63) is 52.5 Å². The molecule has 0 aliphatic carbocycles. The molecule has 9 heteroatoms. The maximum Gasteiger partial charge on any atom is 0.272 e. The number of hydrogen-bond donors (Lipinski definition) is 0. The number of halogens is 3. The number of nitrogens with zero attached hydrogens (tertiary/aromatic N) is 4. The lowest BCUT2D eigenvalue weighted by molar-refractivity contribution is 0.0165. The summed E-state index contributed by atoms with van der Waals surface area (Å²) >= 11 is 0. The van der Waals surface area contributed by atoms with E-state index in [-0.39, 0.29) is 12.5 Å². The Labute approximate surface area is 211 Å². The summed E-state index contributed by atoms with van der Waals surface area (Å²) < 4.78 is 46.6. The third-order valence-corrected chi connectivity index (χ3v) is 5.74. The molecule has 0 fully saturated rings. The van der Waals surface area contributed by atoms with Gasteiger partial charge in [0.05, 0.1) is 23.5 Å². The summed E-state index contributed by atoms with van der Waals surface area (Å²) in [6, 6.07) is 3.87. The van der Waals surface area contributed by atoms with Crippen molar-refractivity contribution in [3.63, 3.8) is 0 Å². The molecule has 36 heavy (non-hydrogen) atoms. The lowest BCUT2D eigenvalue weighted by Crippen LogP contribution is -2.42. The normalized spacial score (nSPS) is 12.2. The Hall–Kier alpha value is -3.54. The van der Waals surface area contributed by atoms with E-state index >= 15 is 0 Å². The number of carbonyl (C=O) groups is 1. The molecule has 0 aliphatic rings. The van der Waals surface area contributed by atoms with Crippen LogP contribution in [0.15, 0.2) is 29.5 Å². The number of pyridine rings is 1. The van der Waals surface area contributed by atoms with Crippen molar-refractivity contribution in [1.29, 1.82) is 0 Å². The Balaban J connectivity index is 2.27. The minimum absolute atomic E-state index is 0.0772. The summed E-state index contributed by atoms with van der Waals surface area (Å²) in [6.07, 6.45) is 3.09. The summed E-state index contributed by atoms with van der Waals surface area (Å²) in [5, 5.41) is 5.98. The summed E-state index contributed by atoms with van der Waals surface area (Å²) in [5.41, 5.74) is 2.48. The molecule has 0 radical (unpaired) electrons. The van der Waals surface area contributed by atoms with Crippen LogP contribution in [0.3, 0.4) is 0 Å². The van der Waals surface area contributed by atoms with Gasteiger partial charge >= 0.3 is 0 Å². The number of hydrogen-bond acceptors (Lipinski definition) is 5. The smallest absolute Gasteiger partial charge is 0.272 e. The van der Waals surface area contributed by atoms with Gasteiger partial charge in [-0.15, -0.1) is 0 Å². The van der Waals surface area contributed by atoms with Gasteiger partial charge < -0.3 is 9.64 Å². The van der Waals surface area contributed by atoms with Crippen molar-refractivity contribution in [2.24, 2.45) is 5.10 Å². The highest BCUT2D eigenvalue weighted by Crippen LogP contribution is 2.30. The maximum atomic E-state index is 14.3. The number of benzene rings is 1. The molecule has 0 saturated heterocycles. The molecule has 1 aromatic carbocycles. The Morgan fingerprint density at radius 2 is 2.00 bits per heavy atom. The fourth-order valence-electron chi connectivity index (χ4n) is 3.58. The van der Waals surface area contributed by atoms with Crippen molar-refractivity contribution in [1.82, 2.24) is 9.88 Å². The summed E-state index contributed by atoms with van der Waals surface area (Å²) in [7, 11) is 1.75. The number of aromatic nitrogens is 1. The number of hydrazone groups is 1. The van der Waals surface area contributed by atoms with E-state index in [1.807, 2.05) is 33.8 Å². The van der Waals surface area contributed by atoms with Gasteiger partial charge in [0.2, 0.25) is 5.88 Å². The van der Waals surface area contributed by atoms with Crippen molar-refractivity contribution < 1.29 is 22.7 Å². The first-order valence-electron chi connectivity index (χ1n) is 11.7. The Morgan fingerprint density at radius 3 is 2.58 bits per heavy atom. The van der Waals surface area contributed by atoms with Crippen LogP contribution in [0.4, 0.5) is 18.9 Å². The van der Waals surface area contributed by atoms with Crippen LogP contribution in [-0.4, -0.2) is 48.2 Å². The van der Waals surface area contributed by atoms with Crippen LogP contribution in [0.25, 0.3) is 0 Å². The Bertz CT molecular complexity index is 1170. The quantitative estimate of drug-likeness (QED) is 0.250. The number of alkyl halides is 2. The molecule has 2 aromatic rings. The second-order valence-electron chi connectivity index (χ2n) is 8.50. The van der Waals surface area contributed by atoms with E-state index < -0.39 is 29.2 Å².